The van der Waals surface area contributed by atoms with Crippen LogP contribution in [-0.2, 0) is 6.42 Å². The van der Waals surface area contributed by atoms with Crippen LogP contribution in [0.25, 0.3) is 0 Å². The summed E-state index contributed by atoms with van der Waals surface area (Å²) in [6, 6.07) is 15.0. The molecule has 0 aliphatic carbocycles. The Labute approximate surface area is 175 Å². The molecule has 0 fully saturated rings. The van der Waals surface area contributed by atoms with Crippen molar-refractivity contribution < 1.29 is 14.3 Å². The molecule has 0 aliphatic rings. The summed E-state index contributed by atoms with van der Waals surface area (Å²) in [5.74, 6) is 2.28. The highest BCUT2D eigenvalue weighted by Gasteiger charge is 2.14. The van der Waals surface area contributed by atoms with E-state index in [2.05, 4.69) is 28.5 Å². The predicted octanol–water partition coefficient (Wildman–Crippen LogP) is 4.70. The molecule has 1 amide bonds. The molecule has 0 saturated heterocycles. The van der Waals surface area contributed by atoms with E-state index in [0.717, 1.165) is 11.3 Å². The minimum absolute atomic E-state index is 0.0920. The molecule has 0 aliphatic heterocycles. The van der Waals surface area contributed by atoms with Crippen molar-refractivity contribution in [3.63, 3.8) is 0 Å². The number of carbonyl (C=O) groups excluding carboxylic acids is 1. The minimum Gasteiger partial charge on any atom is -0.497 e. The Balaban J connectivity index is 1.65. The maximum absolute atomic E-state index is 12.4. The molecule has 152 valence electrons. The number of rotatable bonds is 8. The monoisotopic (exact) mass is 411 g/mol. The molecule has 7 heteroatoms. The van der Waals surface area contributed by atoms with Crippen molar-refractivity contribution in [2.24, 2.45) is 5.92 Å². The van der Waals surface area contributed by atoms with Crippen LogP contribution in [0, 0.1) is 5.92 Å². The second-order valence-electron chi connectivity index (χ2n) is 7.14. The maximum Gasteiger partial charge on any atom is 0.298 e. The third-order valence-corrected chi connectivity index (χ3v) is 5.24. The number of hydrogen-bond donors (Lipinski definition) is 1. The van der Waals surface area contributed by atoms with E-state index in [0.29, 0.717) is 34.7 Å². The topological polar surface area (TPSA) is 73.3 Å². The molecular weight excluding hydrogens is 386 g/mol. The molecule has 3 aromatic rings. The summed E-state index contributed by atoms with van der Waals surface area (Å²) in [6.45, 7) is 6.14. The highest BCUT2D eigenvalue weighted by atomic mass is 32.1. The van der Waals surface area contributed by atoms with Crippen LogP contribution in [0.15, 0.2) is 48.5 Å². The van der Waals surface area contributed by atoms with Crippen LogP contribution in [-0.4, -0.2) is 28.4 Å². The van der Waals surface area contributed by atoms with E-state index in [4.69, 9.17) is 9.47 Å². The quantitative estimate of drug-likeness (QED) is 0.581. The van der Waals surface area contributed by atoms with Gasteiger partial charge >= 0.3 is 0 Å². The second-order valence-corrected chi connectivity index (χ2v) is 7.86. The van der Waals surface area contributed by atoms with Gasteiger partial charge in [-0.25, -0.2) is 0 Å². The summed E-state index contributed by atoms with van der Waals surface area (Å²) < 4.78 is 15.4. The third kappa shape index (κ3) is 5.77. The van der Waals surface area contributed by atoms with Crippen molar-refractivity contribution in [1.29, 1.82) is 0 Å². The smallest absolute Gasteiger partial charge is 0.298 e. The first kappa shape index (κ1) is 20.8. The molecule has 1 heterocycles. The van der Waals surface area contributed by atoms with Crippen LogP contribution < -0.4 is 14.8 Å². The first-order valence-corrected chi connectivity index (χ1v) is 10.3. The van der Waals surface area contributed by atoms with Gasteiger partial charge < -0.3 is 14.8 Å². The Morgan fingerprint density at radius 2 is 1.86 bits per heavy atom. The highest BCUT2D eigenvalue weighted by molar-refractivity contribution is 7.07. The van der Waals surface area contributed by atoms with Crippen LogP contribution in [0.3, 0.4) is 0 Å². The Morgan fingerprint density at radius 1 is 1.10 bits per heavy atom. The van der Waals surface area contributed by atoms with Crippen LogP contribution in [0.5, 0.6) is 16.7 Å². The van der Waals surface area contributed by atoms with Crippen molar-refractivity contribution in [2.45, 2.75) is 33.2 Å². The Hall–Kier alpha value is -2.93. The van der Waals surface area contributed by atoms with Crippen LogP contribution >= 0.6 is 11.5 Å². The average Bonchev–Trinajstić information content (AvgIpc) is 3.14. The lowest BCUT2D eigenvalue weighted by atomic mass is 10.1. The molecule has 2 aromatic carbocycles. The normalized spacial score (nSPS) is 11.9. The number of benzene rings is 2. The lowest BCUT2D eigenvalue weighted by Crippen LogP contribution is -2.36. The number of methoxy groups -OCH3 is 1. The van der Waals surface area contributed by atoms with E-state index in [1.54, 1.807) is 31.4 Å². The first-order valence-electron chi connectivity index (χ1n) is 9.49. The highest BCUT2D eigenvalue weighted by Crippen LogP contribution is 2.25. The van der Waals surface area contributed by atoms with Gasteiger partial charge in [0.25, 0.3) is 11.1 Å². The fraction of sp³-hybridized carbons (Fsp3) is 0.318. The van der Waals surface area contributed by atoms with Crippen molar-refractivity contribution in [3.05, 3.63) is 65.5 Å². The molecule has 0 bridgehead atoms. The van der Waals surface area contributed by atoms with Crippen LogP contribution in [0.2, 0.25) is 0 Å². The number of nitrogens with one attached hydrogen (secondary N) is 1. The lowest BCUT2D eigenvalue weighted by molar-refractivity contribution is 0.0930. The summed E-state index contributed by atoms with van der Waals surface area (Å²) in [5.41, 5.74) is 1.61. The van der Waals surface area contributed by atoms with E-state index in [1.807, 2.05) is 31.2 Å². The standard InChI is InChI=1S/C22H25N3O3S/c1-14(2)15(3)23-21(26)17-8-6-10-19(13-17)28-22-24-20(25-29-22)12-16-7-5-9-18(11-16)27-4/h5-11,13-15H,12H2,1-4H3,(H,23,26). The molecule has 1 unspecified atom stereocenters. The van der Waals surface area contributed by atoms with Crippen LogP contribution in [0.4, 0.5) is 0 Å². The van der Waals surface area contributed by atoms with E-state index in [1.165, 1.54) is 11.5 Å². The zero-order valence-corrected chi connectivity index (χ0v) is 17.8. The Bertz CT molecular complexity index is 971. The van der Waals surface area contributed by atoms with Crippen molar-refractivity contribution in [3.8, 4) is 16.7 Å². The Kier molecular flexibility index (Phi) is 6.82. The van der Waals surface area contributed by atoms with Gasteiger partial charge in [0, 0.05) is 29.6 Å². The van der Waals surface area contributed by atoms with Crippen molar-refractivity contribution in [1.82, 2.24) is 14.7 Å². The van der Waals surface area contributed by atoms with E-state index in [9.17, 15) is 4.79 Å². The van der Waals surface area contributed by atoms with Crippen molar-refractivity contribution >= 4 is 17.4 Å². The number of ether oxygens (including phenoxy) is 2. The van der Waals surface area contributed by atoms with E-state index >= 15 is 0 Å². The van der Waals surface area contributed by atoms with Gasteiger partial charge in [-0.05, 0) is 48.7 Å². The number of amides is 1. The summed E-state index contributed by atoms with van der Waals surface area (Å²) in [6.07, 6.45) is 0.590. The van der Waals surface area contributed by atoms with Gasteiger partial charge in [-0.15, -0.1) is 0 Å². The fourth-order valence-corrected chi connectivity index (χ4v) is 3.14. The molecule has 29 heavy (non-hydrogen) atoms. The van der Waals surface area contributed by atoms with E-state index in [-0.39, 0.29) is 11.9 Å². The summed E-state index contributed by atoms with van der Waals surface area (Å²) in [7, 11) is 1.64. The maximum atomic E-state index is 12.4. The number of nitrogens with zero attached hydrogens (tertiary/aromatic N) is 2. The van der Waals surface area contributed by atoms with Gasteiger partial charge in [0.1, 0.15) is 11.5 Å². The molecule has 1 atom stereocenters. The van der Waals surface area contributed by atoms with Gasteiger partial charge in [0.05, 0.1) is 7.11 Å². The number of hydrogen-bond acceptors (Lipinski definition) is 6. The lowest BCUT2D eigenvalue weighted by Gasteiger charge is -2.17. The minimum atomic E-state index is -0.118. The van der Waals surface area contributed by atoms with Crippen molar-refractivity contribution in [2.75, 3.05) is 7.11 Å². The number of aromatic nitrogens is 2. The summed E-state index contributed by atoms with van der Waals surface area (Å²) in [4.78, 5) is 16.9. The molecule has 6 nitrogen and oxygen atoms in total. The molecule has 0 radical (unpaired) electrons. The third-order valence-electron chi connectivity index (χ3n) is 4.61. The second kappa shape index (κ2) is 9.52. The van der Waals surface area contributed by atoms with Gasteiger partial charge in [0.15, 0.2) is 5.82 Å². The summed E-state index contributed by atoms with van der Waals surface area (Å²) >= 11 is 1.19. The molecule has 0 spiro atoms. The molecule has 1 N–H and O–H groups in total. The average molecular weight is 412 g/mol. The van der Waals surface area contributed by atoms with Gasteiger partial charge in [-0.2, -0.15) is 9.36 Å². The largest absolute Gasteiger partial charge is 0.497 e. The zero-order valence-electron chi connectivity index (χ0n) is 17.0. The molecule has 0 saturated carbocycles. The van der Waals surface area contributed by atoms with Crippen LogP contribution in [0.1, 0.15) is 42.5 Å². The van der Waals surface area contributed by atoms with Gasteiger partial charge in [-0.1, -0.05) is 32.0 Å². The van der Waals surface area contributed by atoms with Gasteiger partial charge in [0.2, 0.25) is 0 Å². The number of carbonyl (C=O) groups is 1. The van der Waals surface area contributed by atoms with Gasteiger partial charge in [-0.3, -0.25) is 4.79 Å². The predicted molar refractivity (Wildman–Crippen MR) is 114 cm³/mol. The molecule has 1 aromatic heterocycles. The first-order chi connectivity index (χ1) is 13.9. The Morgan fingerprint density at radius 3 is 2.62 bits per heavy atom. The zero-order chi connectivity index (χ0) is 20.8. The SMILES string of the molecule is COc1cccc(Cc2nsc(Oc3cccc(C(=O)NC(C)C(C)C)c3)n2)c1. The van der Waals surface area contributed by atoms with E-state index < -0.39 is 0 Å². The fourth-order valence-electron chi connectivity index (χ4n) is 2.57. The summed E-state index contributed by atoms with van der Waals surface area (Å²) in [5, 5.41) is 3.44. The molecular formula is C22H25N3O3S. The molecule has 3 rings (SSSR count).